The number of aryl methyl sites for hydroxylation is 1. The van der Waals surface area contributed by atoms with Gasteiger partial charge in [-0.05, 0) is 48.1 Å². The second-order valence-electron chi connectivity index (χ2n) is 5.75. The summed E-state index contributed by atoms with van der Waals surface area (Å²) in [6.07, 6.45) is 9.37. The molecule has 2 aliphatic rings. The van der Waals surface area contributed by atoms with E-state index in [1.165, 1.54) is 23.3 Å². The zero-order valence-electron chi connectivity index (χ0n) is 11.7. The largest absolute Gasteiger partial charge is 0.349 e. The van der Waals surface area contributed by atoms with Crippen LogP contribution in [0.1, 0.15) is 52.9 Å². The third kappa shape index (κ3) is 2.25. The molecule has 6 nitrogen and oxygen atoms in total. The monoisotopic (exact) mass is 303 g/mol. The summed E-state index contributed by atoms with van der Waals surface area (Å²) in [5.41, 5.74) is 2.01. The van der Waals surface area contributed by atoms with E-state index in [2.05, 4.69) is 20.8 Å². The van der Waals surface area contributed by atoms with Gasteiger partial charge >= 0.3 is 0 Å². The molecule has 0 spiro atoms. The number of amides is 1. The lowest BCUT2D eigenvalue weighted by Crippen LogP contribution is -2.33. The first-order valence-electron chi connectivity index (χ1n) is 7.51. The van der Waals surface area contributed by atoms with Crippen LogP contribution in [0.25, 0.3) is 5.00 Å². The Labute approximate surface area is 126 Å². The maximum atomic E-state index is 12.8. The standard InChI is InChI=1S/C14H17N5OS/c20-13(16-9-4-1-2-5-9)12-10-6-3-7-11(10)21-14(12)19-8-15-17-18-19/h8-9H,1-7H2,(H,16,20). The third-order valence-corrected chi connectivity index (χ3v) is 5.66. The third-order valence-electron chi connectivity index (χ3n) is 4.38. The molecule has 1 amide bonds. The molecule has 0 bridgehead atoms. The molecule has 0 radical (unpaired) electrons. The molecule has 0 saturated heterocycles. The predicted molar refractivity (Wildman–Crippen MR) is 78.8 cm³/mol. The molecule has 0 atom stereocenters. The summed E-state index contributed by atoms with van der Waals surface area (Å²) in [6, 6.07) is 0.330. The zero-order chi connectivity index (χ0) is 14.2. The number of tetrazole rings is 1. The van der Waals surface area contributed by atoms with Crippen molar-refractivity contribution in [2.45, 2.75) is 51.0 Å². The van der Waals surface area contributed by atoms with Gasteiger partial charge in [0.25, 0.3) is 5.91 Å². The summed E-state index contributed by atoms with van der Waals surface area (Å²) >= 11 is 1.65. The molecule has 0 aromatic carbocycles. The Hall–Kier alpha value is -1.76. The summed E-state index contributed by atoms with van der Waals surface area (Å²) in [5, 5.41) is 15.4. The molecule has 2 aromatic heterocycles. The fourth-order valence-corrected chi connectivity index (χ4v) is 4.67. The molecular weight excluding hydrogens is 286 g/mol. The molecule has 2 aromatic rings. The number of nitrogens with zero attached hydrogens (tertiary/aromatic N) is 4. The van der Waals surface area contributed by atoms with Crippen molar-refractivity contribution < 1.29 is 4.79 Å². The zero-order valence-corrected chi connectivity index (χ0v) is 12.5. The number of nitrogens with one attached hydrogen (secondary N) is 1. The summed E-state index contributed by atoms with van der Waals surface area (Å²) in [6.45, 7) is 0. The number of carbonyl (C=O) groups excluding carboxylic acids is 1. The number of carbonyl (C=O) groups is 1. The highest BCUT2D eigenvalue weighted by atomic mass is 32.1. The van der Waals surface area contributed by atoms with E-state index in [0.717, 1.165) is 42.7 Å². The SMILES string of the molecule is O=C(NC1CCCC1)c1c(-n2cnnn2)sc2c1CCC2. The van der Waals surface area contributed by atoms with E-state index in [0.29, 0.717) is 6.04 Å². The highest BCUT2D eigenvalue weighted by molar-refractivity contribution is 7.15. The van der Waals surface area contributed by atoms with Gasteiger partial charge in [0.1, 0.15) is 11.3 Å². The van der Waals surface area contributed by atoms with Crippen LogP contribution in [0, 0.1) is 0 Å². The summed E-state index contributed by atoms with van der Waals surface area (Å²) in [5.74, 6) is 0.0480. The first-order chi connectivity index (χ1) is 10.3. The van der Waals surface area contributed by atoms with Crippen LogP contribution in [0.3, 0.4) is 0 Å². The van der Waals surface area contributed by atoms with Crippen molar-refractivity contribution in [3.63, 3.8) is 0 Å². The minimum absolute atomic E-state index is 0.0480. The van der Waals surface area contributed by atoms with E-state index in [4.69, 9.17) is 0 Å². The molecule has 7 heteroatoms. The Balaban J connectivity index is 1.70. The maximum Gasteiger partial charge on any atom is 0.254 e. The maximum absolute atomic E-state index is 12.8. The van der Waals surface area contributed by atoms with Gasteiger partial charge in [-0.3, -0.25) is 4.79 Å². The predicted octanol–water partition coefficient (Wildman–Crippen LogP) is 1.88. The number of hydrogen-bond donors (Lipinski definition) is 1. The van der Waals surface area contributed by atoms with E-state index in [1.807, 2.05) is 0 Å². The fraction of sp³-hybridized carbons (Fsp3) is 0.571. The van der Waals surface area contributed by atoms with Crippen molar-refractivity contribution in [1.29, 1.82) is 0 Å². The van der Waals surface area contributed by atoms with Gasteiger partial charge in [-0.25, -0.2) is 0 Å². The van der Waals surface area contributed by atoms with Crippen LogP contribution in [-0.4, -0.2) is 32.2 Å². The van der Waals surface area contributed by atoms with E-state index in [-0.39, 0.29) is 5.91 Å². The number of rotatable bonds is 3. The average Bonchev–Trinajstić information content (AvgIpc) is 3.22. The number of thiophene rings is 1. The molecule has 1 fully saturated rings. The fourth-order valence-electron chi connectivity index (χ4n) is 3.37. The Morgan fingerprint density at radius 2 is 2.14 bits per heavy atom. The lowest BCUT2D eigenvalue weighted by atomic mass is 10.1. The van der Waals surface area contributed by atoms with Gasteiger partial charge in [-0.15, -0.1) is 16.4 Å². The van der Waals surface area contributed by atoms with Crippen LogP contribution in [0.2, 0.25) is 0 Å². The van der Waals surface area contributed by atoms with Crippen molar-refractivity contribution in [2.75, 3.05) is 0 Å². The van der Waals surface area contributed by atoms with Gasteiger partial charge in [0.15, 0.2) is 0 Å². The normalized spacial score (nSPS) is 18.1. The Kier molecular flexibility index (Phi) is 3.21. The van der Waals surface area contributed by atoms with Crippen LogP contribution in [0.4, 0.5) is 0 Å². The lowest BCUT2D eigenvalue weighted by molar-refractivity contribution is 0.0937. The highest BCUT2D eigenvalue weighted by Crippen LogP contribution is 2.37. The molecule has 4 rings (SSSR count). The van der Waals surface area contributed by atoms with Crippen LogP contribution in [0.15, 0.2) is 6.33 Å². The molecule has 2 heterocycles. The van der Waals surface area contributed by atoms with Crippen molar-refractivity contribution in [3.05, 3.63) is 22.3 Å². The van der Waals surface area contributed by atoms with Crippen LogP contribution in [0.5, 0.6) is 0 Å². The Morgan fingerprint density at radius 1 is 1.29 bits per heavy atom. The molecule has 110 valence electrons. The van der Waals surface area contributed by atoms with Gasteiger partial charge < -0.3 is 5.32 Å². The highest BCUT2D eigenvalue weighted by Gasteiger charge is 2.29. The van der Waals surface area contributed by atoms with Crippen LogP contribution >= 0.6 is 11.3 Å². The minimum atomic E-state index is 0.0480. The minimum Gasteiger partial charge on any atom is -0.349 e. The number of hydrogen-bond acceptors (Lipinski definition) is 5. The number of aromatic nitrogens is 4. The topological polar surface area (TPSA) is 72.7 Å². The molecule has 2 aliphatic carbocycles. The summed E-state index contributed by atoms with van der Waals surface area (Å²) in [7, 11) is 0. The van der Waals surface area contributed by atoms with Gasteiger partial charge in [0, 0.05) is 10.9 Å². The summed E-state index contributed by atoms with van der Waals surface area (Å²) in [4.78, 5) is 14.1. The van der Waals surface area contributed by atoms with Crippen molar-refractivity contribution in [1.82, 2.24) is 25.5 Å². The lowest BCUT2D eigenvalue weighted by Gasteiger charge is -2.13. The first kappa shape index (κ1) is 12.9. The van der Waals surface area contributed by atoms with Crippen molar-refractivity contribution in [3.8, 4) is 5.00 Å². The molecule has 0 aliphatic heterocycles. The van der Waals surface area contributed by atoms with Crippen molar-refractivity contribution >= 4 is 17.2 Å². The Morgan fingerprint density at radius 3 is 2.90 bits per heavy atom. The number of fused-ring (bicyclic) bond motifs is 1. The first-order valence-corrected chi connectivity index (χ1v) is 8.33. The van der Waals surface area contributed by atoms with E-state index >= 15 is 0 Å². The second-order valence-corrected chi connectivity index (χ2v) is 6.83. The van der Waals surface area contributed by atoms with E-state index < -0.39 is 0 Å². The van der Waals surface area contributed by atoms with E-state index in [1.54, 1.807) is 22.3 Å². The van der Waals surface area contributed by atoms with Gasteiger partial charge in [0.05, 0.1) is 5.56 Å². The average molecular weight is 303 g/mol. The van der Waals surface area contributed by atoms with Crippen molar-refractivity contribution in [2.24, 2.45) is 0 Å². The Bertz CT molecular complexity index is 657. The smallest absolute Gasteiger partial charge is 0.254 e. The van der Waals surface area contributed by atoms with Crippen LogP contribution < -0.4 is 5.32 Å². The van der Waals surface area contributed by atoms with Crippen LogP contribution in [-0.2, 0) is 12.8 Å². The van der Waals surface area contributed by atoms with Gasteiger partial charge in [-0.2, -0.15) is 4.68 Å². The second kappa shape index (κ2) is 5.22. The molecule has 0 unspecified atom stereocenters. The quantitative estimate of drug-likeness (QED) is 0.939. The molecule has 1 N–H and O–H groups in total. The molecule has 1 saturated carbocycles. The van der Waals surface area contributed by atoms with E-state index in [9.17, 15) is 4.79 Å². The van der Waals surface area contributed by atoms with Gasteiger partial charge in [0.2, 0.25) is 0 Å². The molecular formula is C14H17N5OS. The summed E-state index contributed by atoms with van der Waals surface area (Å²) < 4.78 is 1.62. The molecule has 21 heavy (non-hydrogen) atoms. The van der Waals surface area contributed by atoms with Gasteiger partial charge in [-0.1, -0.05) is 12.8 Å².